The van der Waals surface area contributed by atoms with Crippen molar-refractivity contribution in [2.75, 3.05) is 26.2 Å². The number of ether oxygens (including phenoxy) is 1. The van der Waals surface area contributed by atoms with Crippen LogP contribution in [0.5, 0.6) is 5.75 Å². The highest BCUT2D eigenvalue weighted by molar-refractivity contribution is 5.37. The number of nitrogens with zero attached hydrogens (tertiary/aromatic N) is 1. The van der Waals surface area contributed by atoms with Crippen LogP contribution in [0.15, 0.2) is 24.3 Å². The summed E-state index contributed by atoms with van der Waals surface area (Å²) < 4.78 is 6.10. The second kappa shape index (κ2) is 6.80. The molecule has 0 amide bonds. The van der Waals surface area contributed by atoms with E-state index >= 15 is 0 Å². The maximum Gasteiger partial charge on any atom is 0.123 e. The second-order valence-corrected chi connectivity index (χ2v) is 6.89. The van der Waals surface area contributed by atoms with Crippen LogP contribution in [-0.2, 0) is 6.42 Å². The van der Waals surface area contributed by atoms with Crippen molar-refractivity contribution in [2.45, 2.75) is 45.3 Å². The van der Waals surface area contributed by atoms with Crippen molar-refractivity contribution in [1.29, 1.82) is 0 Å². The molecule has 0 saturated carbocycles. The normalized spacial score (nSPS) is 25.3. The number of likely N-dealkylation sites (tertiary alicyclic amines) is 1. The molecule has 0 spiro atoms. The van der Waals surface area contributed by atoms with Gasteiger partial charge < -0.3 is 10.1 Å². The highest BCUT2D eigenvalue weighted by atomic mass is 16.5. The molecular weight excluding hydrogens is 260 g/mol. The van der Waals surface area contributed by atoms with E-state index in [0.29, 0.717) is 12.1 Å². The SMILES string of the molecule is CC(C)CNCC1CCCN1CC1Cc2ccccc2O1. The van der Waals surface area contributed by atoms with E-state index in [-0.39, 0.29) is 0 Å². The fraction of sp³-hybridized carbons (Fsp3) is 0.667. The fourth-order valence-electron chi connectivity index (χ4n) is 3.52. The van der Waals surface area contributed by atoms with Gasteiger partial charge in [0.15, 0.2) is 0 Å². The van der Waals surface area contributed by atoms with Gasteiger partial charge in [-0.3, -0.25) is 4.90 Å². The zero-order valence-electron chi connectivity index (χ0n) is 13.3. The van der Waals surface area contributed by atoms with Crippen molar-refractivity contribution < 1.29 is 4.74 Å². The number of nitrogens with one attached hydrogen (secondary N) is 1. The third kappa shape index (κ3) is 3.78. The minimum absolute atomic E-state index is 0.341. The standard InChI is InChI=1S/C18H28N2O/c1-14(2)11-19-12-16-7-5-9-20(16)13-17-10-15-6-3-4-8-18(15)21-17/h3-4,6,8,14,16-17,19H,5,7,9-13H2,1-2H3. The Morgan fingerprint density at radius 3 is 3.00 bits per heavy atom. The molecule has 1 fully saturated rings. The molecular formula is C18H28N2O. The average Bonchev–Trinajstić information content (AvgIpc) is 3.05. The van der Waals surface area contributed by atoms with Gasteiger partial charge in [0, 0.05) is 25.6 Å². The molecule has 21 heavy (non-hydrogen) atoms. The van der Waals surface area contributed by atoms with Crippen LogP contribution >= 0.6 is 0 Å². The van der Waals surface area contributed by atoms with Gasteiger partial charge in [-0.1, -0.05) is 32.0 Å². The van der Waals surface area contributed by atoms with Crippen LogP contribution in [0.2, 0.25) is 0 Å². The van der Waals surface area contributed by atoms with Gasteiger partial charge in [0.1, 0.15) is 11.9 Å². The summed E-state index contributed by atoms with van der Waals surface area (Å²) in [5.41, 5.74) is 1.37. The topological polar surface area (TPSA) is 24.5 Å². The van der Waals surface area contributed by atoms with E-state index in [1.165, 1.54) is 24.9 Å². The second-order valence-electron chi connectivity index (χ2n) is 6.89. The van der Waals surface area contributed by atoms with Gasteiger partial charge >= 0.3 is 0 Å². The monoisotopic (exact) mass is 288 g/mol. The Labute approximate surface area is 128 Å². The molecule has 0 aromatic heterocycles. The number of benzene rings is 1. The third-order valence-electron chi connectivity index (χ3n) is 4.58. The molecule has 1 saturated heterocycles. The van der Waals surface area contributed by atoms with Crippen LogP contribution in [0, 0.1) is 5.92 Å². The van der Waals surface area contributed by atoms with E-state index in [1.807, 2.05) is 0 Å². The molecule has 2 atom stereocenters. The zero-order chi connectivity index (χ0) is 14.7. The molecule has 3 rings (SSSR count). The van der Waals surface area contributed by atoms with Crippen molar-refractivity contribution in [2.24, 2.45) is 5.92 Å². The summed E-state index contributed by atoms with van der Waals surface area (Å²) in [4.78, 5) is 2.63. The van der Waals surface area contributed by atoms with Crippen LogP contribution in [0.3, 0.4) is 0 Å². The summed E-state index contributed by atoms with van der Waals surface area (Å²) in [6.45, 7) is 9.08. The minimum atomic E-state index is 0.341. The number of fused-ring (bicyclic) bond motifs is 1. The fourth-order valence-corrected chi connectivity index (χ4v) is 3.52. The Morgan fingerprint density at radius 2 is 2.19 bits per heavy atom. The molecule has 0 aliphatic carbocycles. The van der Waals surface area contributed by atoms with Crippen molar-refractivity contribution in [1.82, 2.24) is 10.2 Å². The van der Waals surface area contributed by atoms with Gasteiger partial charge in [0.25, 0.3) is 0 Å². The van der Waals surface area contributed by atoms with Crippen molar-refractivity contribution in [3.8, 4) is 5.75 Å². The Kier molecular flexibility index (Phi) is 4.81. The van der Waals surface area contributed by atoms with E-state index in [0.717, 1.165) is 37.7 Å². The molecule has 0 radical (unpaired) electrons. The lowest BCUT2D eigenvalue weighted by atomic mass is 10.1. The molecule has 3 heteroatoms. The van der Waals surface area contributed by atoms with E-state index in [9.17, 15) is 0 Å². The third-order valence-corrected chi connectivity index (χ3v) is 4.58. The van der Waals surface area contributed by atoms with Crippen LogP contribution in [0.1, 0.15) is 32.3 Å². The summed E-state index contributed by atoms with van der Waals surface area (Å²) in [7, 11) is 0. The van der Waals surface area contributed by atoms with Gasteiger partial charge in [-0.2, -0.15) is 0 Å². The first kappa shape index (κ1) is 14.9. The Morgan fingerprint density at radius 1 is 1.33 bits per heavy atom. The van der Waals surface area contributed by atoms with E-state index in [1.54, 1.807) is 0 Å². The maximum atomic E-state index is 6.10. The molecule has 1 aromatic carbocycles. The molecule has 2 aliphatic rings. The molecule has 2 aliphatic heterocycles. The number of rotatable bonds is 6. The highest BCUT2D eigenvalue weighted by Crippen LogP contribution is 2.29. The first-order chi connectivity index (χ1) is 10.2. The highest BCUT2D eigenvalue weighted by Gasteiger charge is 2.30. The lowest BCUT2D eigenvalue weighted by Crippen LogP contribution is -2.43. The number of para-hydroxylation sites is 1. The van der Waals surface area contributed by atoms with Crippen molar-refractivity contribution >= 4 is 0 Å². The summed E-state index contributed by atoms with van der Waals surface area (Å²) in [6.07, 6.45) is 4.06. The van der Waals surface area contributed by atoms with Gasteiger partial charge in [0.2, 0.25) is 0 Å². The number of hydrogen-bond donors (Lipinski definition) is 1. The molecule has 2 unspecified atom stereocenters. The predicted octanol–water partition coefficient (Wildman–Crippen LogP) is 2.70. The van der Waals surface area contributed by atoms with Crippen molar-refractivity contribution in [3.63, 3.8) is 0 Å². The lowest BCUT2D eigenvalue weighted by Gasteiger charge is -2.27. The quantitative estimate of drug-likeness (QED) is 0.871. The lowest BCUT2D eigenvalue weighted by molar-refractivity contribution is 0.140. The maximum absolute atomic E-state index is 6.10. The summed E-state index contributed by atoms with van der Waals surface area (Å²) >= 11 is 0. The minimum Gasteiger partial charge on any atom is -0.488 e. The largest absolute Gasteiger partial charge is 0.488 e. The Balaban J connectivity index is 1.49. The van der Waals surface area contributed by atoms with Gasteiger partial charge in [-0.15, -0.1) is 0 Å². The summed E-state index contributed by atoms with van der Waals surface area (Å²) in [5, 5.41) is 3.62. The van der Waals surface area contributed by atoms with E-state index in [4.69, 9.17) is 4.74 Å². The average molecular weight is 288 g/mol. The first-order valence-electron chi connectivity index (χ1n) is 8.41. The van der Waals surface area contributed by atoms with Crippen LogP contribution < -0.4 is 10.1 Å². The Bertz CT molecular complexity index is 435. The number of hydrogen-bond acceptors (Lipinski definition) is 3. The first-order valence-corrected chi connectivity index (χ1v) is 8.41. The summed E-state index contributed by atoms with van der Waals surface area (Å²) in [5.74, 6) is 1.82. The smallest absolute Gasteiger partial charge is 0.123 e. The molecule has 3 nitrogen and oxygen atoms in total. The Hall–Kier alpha value is -1.06. The van der Waals surface area contributed by atoms with Gasteiger partial charge in [-0.25, -0.2) is 0 Å². The van der Waals surface area contributed by atoms with E-state index < -0.39 is 0 Å². The zero-order valence-corrected chi connectivity index (χ0v) is 13.3. The molecule has 2 heterocycles. The van der Waals surface area contributed by atoms with Crippen LogP contribution in [-0.4, -0.2) is 43.2 Å². The van der Waals surface area contributed by atoms with Gasteiger partial charge in [0.05, 0.1) is 0 Å². The molecule has 0 bridgehead atoms. The molecule has 1 N–H and O–H groups in total. The van der Waals surface area contributed by atoms with Crippen LogP contribution in [0.4, 0.5) is 0 Å². The van der Waals surface area contributed by atoms with E-state index in [2.05, 4.69) is 48.3 Å². The predicted molar refractivity (Wildman–Crippen MR) is 86.9 cm³/mol. The van der Waals surface area contributed by atoms with Crippen LogP contribution in [0.25, 0.3) is 0 Å². The van der Waals surface area contributed by atoms with Crippen molar-refractivity contribution in [3.05, 3.63) is 29.8 Å². The summed E-state index contributed by atoms with van der Waals surface area (Å²) in [6, 6.07) is 9.16. The molecule has 1 aromatic rings. The van der Waals surface area contributed by atoms with Gasteiger partial charge in [-0.05, 0) is 43.5 Å². The molecule has 116 valence electrons.